The van der Waals surface area contributed by atoms with Crippen LogP contribution < -0.4 is 10.1 Å². The van der Waals surface area contributed by atoms with E-state index in [1.807, 2.05) is 27.0 Å². The lowest BCUT2D eigenvalue weighted by Crippen LogP contribution is -2.35. The summed E-state index contributed by atoms with van der Waals surface area (Å²) in [7, 11) is 0. The molecular weight excluding hydrogens is 280 g/mol. The fraction of sp³-hybridized carbons (Fsp3) is 0.600. The molecule has 0 aromatic heterocycles. The van der Waals surface area contributed by atoms with Gasteiger partial charge in [0, 0.05) is 12.1 Å². The minimum atomic E-state index is -0.639. The van der Waals surface area contributed by atoms with E-state index in [0.29, 0.717) is 18.7 Å². The van der Waals surface area contributed by atoms with Crippen LogP contribution in [0.15, 0.2) is 12.1 Å². The van der Waals surface area contributed by atoms with Gasteiger partial charge in [0.15, 0.2) is 17.4 Å². The SMILES string of the molecule is CSCCCOc1c(F)cc(CNC(C)(C)C)cc1F. The van der Waals surface area contributed by atoms with Crippen molar-refractivity contribution in [1.82, 2.24) is 5.32 Å². The number of nitrogens with one attached hydrogen (secondary N) is 1. The predicted molar refractivity (Wildman–Crippen MR) is 81.4 cm³/mol. The Labute approximate surface area is 124 Å². The third-order valence-electron chi connectivity index (χ3n) is 2.62. The van der Waals surface area contributed by atoms with Gasteiger partial charge in [0.05, 0.1) is 6.61 Å². The number of hydrogen-bond acceptors (Lipinski definition) is 3. The summed E-state index contributed by atoms with van der Waals surface area (Å²) < 4.78 is 32.9. The van der Waals surface area contributed by atoms with Crippen molar-refractivity contribution in [1.29, 1.82) is 0 Å². The Kier molecular flexibility index (Phi) is 6.76. The molecule has 114 valence electrons. The normalized spacial score (nSPS) is 11.7. The lowest BCUT2D eigenvalue weighted by Gasteiger charge is -2.20. The molecule has 20 heavy (non-hydrogen) atoms. The highest BCUT2D eigenvalue weighted by molar-refractivity contribution is 7.98. The standard InChI is InChI=1S/C15H23F2NOS/c1-15(2,3)18-10-11-8-12(16)14(13(17)9-11)19-6-5-7-20-4/h8-9,18H,5-7,10H2,1-4H3. The molecule has 1 aromatic rings. The van der Waals surface area contributed by atoms with E-state index in [9.17, 15) is 8.78 Å². The van der Waals surface area contributed by atoms with Crippen molar-refractivity contribution in [2.75, 3.05) is 18.6 Å². The molecule has 0 radical (unpaired) electrons. The number of benzene rings is 1. The van der Waals surface area contributed by atoms with Gasteiger partial charge in [-0.2, -0.15) is 11.8 Å². The maximum absolute atomic E-state index is 13.8. The van der Waals surface area contributed by atoms with E-state index in [4.69, 9.17) is 4.74 Å². The maximum Gasteiger partial charge on any atom is 0.190 e. The molecule has 0 aliphatic heterocycles. The summed E-state index contributed by atoms with van der Waals surface area (Å²) in [5, 5.41) is 3.20. The Morgan fingerprint density at radius 2 is 1.80 bits per heavy atom. The molecule has 1 N–H and O–H groups in total. The molecule has 0 unspecified atom stereocenters. The summed E-state index contributed by atoms with van der Waals surface area (Å²) in [6.45, 7) is 6.76. The first-order valence-electron chi connectivity index (χ1n) is 6.68. The van der Waals surface area contributed by atoms with E-state index >= 15 is 0 Å². The van der Waals surface area contributed by atoms with Gasteiger partial charge in [0.2, 0.25) is 0 Å². The molecule has 0 aliphatic rings. The summed E-state index contributed by atoms with van der Waals surface area (Å²) in [6, 6.07) is 2.65. The van der Waals surface area contributed by atoms with Gasteiger partial charge in [-0.15, -0.1) is 0 Å². The number of ether oxygens (including phenoxy) is 1. The monoisotopic (exact) mass is 303 g/mol. The van der Waals surface area contributed by atoms with Gasteiger partial charge in [-0.05, 0) is 56.9 Å². The minimum Gasteiger partial charge on any atom is -0.488 e. The molecule has 0 saturated carbocycles. The van der Waals surface area contributed by atoms with Crippen LogP contribution >= 0.6 is 11.8 Å². The van der Waals surface area contributed by atoms with E-state index in [0.717, 1.165) is 12.2 Å². The summed E-state index contributed by atoms with van der Waals surface area (Å²) in [5.74, 6) is -0.637. The maximum atomic E-state index is 13.8. The highest BCUT2D eigenvalue weighted by atomic mass is 32.2. The lowest BCUT2D eigenvalue weighted by molar-refractivity contribution is 0.285. The molecule has 1 rings (SSSR count). The Morgan fingerprint density at radius 1 is 1.20 bits per heavy atom. The minimum absolute atomic E-state index is 0.0973. The van der Waals surface area contributed by atoms with E-state index < -0.39 is 11.6 Å². The fourth-order valence-electron chi connectivity index (χ4n) is 1.60. The van der Waals surface area contributed by atoms with Crippen LogP contribution in [0, 0.1) is 11.6 Å². The van der Waals surface area contributed by atoms with Gasteiger partial charge in [-0.1, -0.05) is 0 Å². The van der Waals surface area contributed by atoms with E-state index in [-0.39, 0.29) is 11.3 Å². The molecule has 0 aliphatic carbocycles. The van der Waals surface area contributed by atoms with Crippen LogP contribution in [0.25, 0.3) is 0 Å². The van der Waals surface area contributed by atoms with Crippen molar-refractivity contribution in [3.63, 3.8) is 0 Å². The lowest BCUT2D eigenvalue weighted by atomic mass is 10.1. The zero-order valence-corrected chi connectivity index (χ0v) is 13.4. The quantitative estimate of drug-likeness (QED) is 0.770. The molecule has 0 heterocycles. The Bertz CT molecular complexity index is 409. The average molecular weight is 303 g/mol. The second-order valence-corrected chi connectivity index (χ2v) is 6.67. The van der Waals surface area contributed by atoms with Gasteiger partial charge in [-0.3, -0.25) is 0 Å². The van der Waals surface area contributed by atoms with Crippen LogP contribution in [0.3, 0.4) is 0 Å². The highest BCUT2D eigenvalue weighted by Gasteiger charge is 2.14. The van der Waals surface area contributed by atoms with Gasteiger partial charge >= 0.3 is 0 Å². The molecule has 0 amide bonds. The molecule has 1 aromatic carbocycles. The zero-order chi connectivity index (χ0) is 15.2. The molecule has 0 spiro atoms. The topological polar surface area (TPSA) is 21.3 Å². The average Bonchev–Trinajstić information content (AvgIpc) is 2.34. The molecule has 0 fully saturated rings. The summed E-state index contributed by atoms with van der Waals surface area (Å²) >= 11 is 1.68. The number of hydrogen-bond donors (Lipinski definition) is 1. The van der Waals surface area contributed by atoms with Crippen molar-refractivity contribution in [3.8, 4) is 5.75 Å². The molecular formula is C15H23F2NOS. The summed E-state index contributed by atoms with van der Waals surface area (Å²) in [6.07, 6.45) is 2.76. The Balaban J connectivity index is 2.66. The van der Waals surface area contributed by atoms with Gasteiger partial charge < -0.3 is 10.1 Å². The van der Waals surface area contributed by atoms with Crippen LogP contribution in [0.2, 0.25) is 0 Å². The number of thioether (sulfide) groups is 1. The van der Waals surface area contributed by atoms with Crippen molar-refractivity contribution < 1.29 is 13.5 Å². The molecule has 0 saturated heterocycles. The third kappa shape index (κ3) is 6.09. The van der Waals surface area contributed by atoms with Gasteiger partial charge in [0.1, 0.15) is 0 Å². The second kappa shape index (κ2) is 7.84. The zero-order valence-electron chi connectivity index (χ0n) is 12.6. The van der Waals surface area contributed by atoms with Crippen molar-refractivity contribution in [3.05, 3.63) is 29.3 Å². The van der Waals surface area contributed by atoms with E-state index in [2.05, 4.69) is 5.32 Å². The first kappa shape index (κ1) is 17.2. The first-order valence-corrected chi connectivity index (χ1v) is 8.07. The van der Waals surface area contributed by atoms with Gasteiger partial charge in [-0.25, -0.2) is 8.78 Å². The Hall–Kier alpha value is -0.810. The first-order chi connectivity index (χ1) is 9.33. The largest absolute Gasteiger partial charge is 0.488 e. The van der Waals surface area contributed by atoms with Crippen LogP contribution in [-0.4, -0.2) is 24.2 Å². The van der Waals surface area contributed by atoms with E-state index in [1.54, 1.807) is 11.8 Å². The van der Waals surface area contributed by atoms with E-state index in [1.165, 1.54) is 12.1 Å². The van der Waals surface area contributed by atoms with Crippen molar-refractivity contribution in [2.24, 2.45) is 0 Å². The molecule has 0 atom stereocenters. The number of halogens is 2. The summed E-state index contributed by atoms with van der Waals surface area (Å²) in [4.78, 5) is 0. The molecule has 5 heteroatoms. The fourth-order valence-corrected chi connectivity index (χ4v) is 2.00. The van der Waals surface area contributed by atoms with Crippen molar-refractivity contribution >= 4 is 11.8 Å². The molecule has 0 bridgehead atoms. The smallest absolute Gasteiger partial charge is 0.190 e. The third-order valence-corrected chi connectivity index (χ3v) is 3.32. The Morgan fingerprint density at radius 3 is 2.30 bits per heavy atom. The van der Waals surface area contributed by atoms with Crippen LogP contribution in [0.1, 0.15) is 32.8 Å². The number of rotatable bonds is 7. The van der Waals surface area contributed by atoms with Crippen LogP contribution in [0.4, 0.5) is 8.78 Å². The summed E-state index contributed by atoms with van der Waals surface area (Å²) in [5.41, 5.74) is 0.478. The van der Waals surface area contributed by atoms with Crippen LogP contribution in [0.5, 0.6) is 5.75 Å². The second-order valence-electron chi connectivity index (χ2n) is 5.69. The molecule has 2 nitrogen and oxygen atoms in total. The highest BCUT2D eigenvalue weighted by Crippen LogP contribution is 2.24. The van der Waals surface area contributed by atoms with Crippen molar-refractivity contribution in [2.45, 2.75) is 39.3 Å². The predicted octanol–water partition coefficient (Wildman–Crippen LogP) is 3.98. The van der Waals surface area contributed by atoms with Gasteiger partial charge in [0.25, 0.3) is 0 Å². The van der Waals surface area contributed by atoms with Crippen LogP contribution in [-0.2, 0) is 6.54 Å².